The summed E-state index contributed by atoms with van der Waals surface area (Å²) in [5.41, 5.74) is 1.02. The van der Waals surface area contributed by atoms with Gasteiger partial charge in [-0.3, -0.25) is 4.79 Å². The molecule has 15 heavy (non-hydrogen) atoms. The first-order valence-electron chi connectivity index (χ1n) is 5.04. The van der Waals surface area contributed by atoms with Crippen molar-refractivity contribution in [2.24, 2.45) is 0 Å². The van der Waals surface area contributed by atoms with Crippen LogP contribution in [0.15, 0.2) is 16.8 Å². The smallest absolute Gasteiger partial charge is 0.218 e. The van der Waals surface area contributed by atoms with Crippen molar-refractivity contribution in [3.8, 4) is 0 Å². The van der Waals surface area contributed by atoms with Gasteiger partial charge >= 0.3 is 0 Å². The molecule has 1 rings (SSSR count). The molecule has 1 aromatic rings. The fourth-order valence-corrected chi connectivity index (χ4v) is 1.88. The number of carbonyl (C=O) groups excluding carboxylic acids is 1. The SMILES string of the molecule is CCOC(OCC)C(=O)Cc1ccsc1. The minimum atomic E-state index is -0.708. The molecule has 0 spiro atoms. The Hall–Kier alpha value is -0.710. The molecule has 0 unspecified atom stereocenters. The number of rotatable bonds is 7. The zero-order chi connectivity index (χ0) is 11.1. The average Bonchev–Trinajstić information content (AvgIpc) is 2.70. The molecule has 0 N–H and O–H groups in total. The van der Waals surface area contributed by atoms with E-state index in [9.17, 15) is 4.79 Å². The lowest BCUT2D eigenvalue weighted by molar-refractivity contribution is -0.167. The molecule has 1 aromatic heterocycles. The first kappa shape index (κ1) is 12.4. The normalized spacial score (nSPS) is 10.9. The van der Waals surface area contributed by atoms with Crippen LogP contribution < -0.4 is 0 Å². The second-order valence-corrected chi connectivity index (χ2v) is 3.80. The zero-order valence-corrected chi connectivity index (χ0v) is 9.88. The van der Waals surface area contributed by atoms with Gasteiger partial charge in [-0.05, 0) is 36.2 Å². The molecule has 0 aromatic carbocycles. The van der Waals surface area contributed by atoms with Crippen LogP contribution in [0.5, 0.6) is 0 Å². The Morgan fingerprint density at radius 2 is 2.07 bits per heavy atom. The Balaban J connectivity index is 2.48. The van der Waals surface area contributed by atoms with Gasteiger partial charge in [0.05, 0.1) is 0 Å². The highest BCUT2D eigenvalue weighted by Gasteiger charge is 2.18. The van der Waals surface area contributed by atoms with E-state index in [4.69, 9.17) is 9.47 Å². The number of hydrogen-bond donors (Lipinski definition) is 0. The van der Waals surface area contributed by atoms with Gasteiger partial charge in [-0.2, -0.15) is 11.3 Å². The molecular formula is C11H16O3S. The van der Waals surface area contributed by atoms with Gasteiger partial charge in [-0.25, -0.2) is 0 Å². The summed E-state index contributed by atoms with van der Waals surface area (Å²) in [6.07, 6.45) is -0.325. The summed E-state index contributed by atoms with van der Waals surface area (Å²) < 4.78 is 10.4. The summed E-state index contributed by atoms with van der Waals surface area (Å²) in [6, 6.07) is 1.94. The molecule has 3 nitrogen and oxygen atoms in total. The van der Waals surface area contributed by atoms with Crippen molar-refractivity contribution in [2.45, 2.75) is 26.6 Å². The lowest BCUT2D eigenvalue weighted by atomic mass is 10.2. The lowest BCUT2D eigenvalue weighted by Crippen LogP contribution is -2.29. The fraction of sp³-hybridized carbons (Fsp3) is 0.545. The molecule has 0 bridgehead atoms. The van der Waals surface area contributed by atoms with Crippen molar-refractivity contribution in [3.05, 3.63) is 22.4 Å². The van der Waals surface area contributed by atoms with Crippen molar-refractivity contribution >= 4 is 17.1 Å². The summed E-state index contributed by atoms with van der Waals surface area (Å²) in [4.78, 5) is 11.7. The number of ketones is 1. The predicted octanol–water partition coefficient (Wildman–Crippen LogP) is 2.26. The van der Waals surface area contributed by atoms with E-state index >= 15 is 0 Å². The second-order valence-electron chi connectivity index (χ2n) is 3.02. The van der Waals surface area contributed by atoms with Crippen LogP contribution in [0.3, 0.4) is 0 Å². The molecule has 0 aliphatic carbocycles. The van der Waals surface area contributed by atoms with Crippen LogP contribution in [-0.4, -0.2) is 25.3 Å². The molecule has 0 aliphatic heterocycles. The molecular weight excluding hydrogens is 212 g/mol. The number of carbonyl (C=O) groups is 1. The lowest BCUT2D eigenvalue weighted by Gasteiger charge is -2.14. The van der Waals surface area contributed by atoms with Crippen LogP contribution >= 0.6 is 11.3 Å². The maximum atomic E-state index is 11.7. The van der Waals surface area contributed by atoms with Crippen LogP contribution in [0.2, 0.25) is 0 Å². The molecule has 0 aliphatic rings. The van der Waals surface area contributed by atoms with E-state index in [0.717, 1.165) is 5.56 Å². The van der Waals surface area contributed by atoms with Gasteiger partial charge in [0.2, 0.25) is 6.29 Å². The number of Topliss-reactive ketones (excluding diaryl/α,β-unsaturated/α-hetero) is 1. The summed E-state index contributed by atoms with van der Waals surface area (Å²) in [6.45, 7) is 4.67. The van der Waals surface area contributed by atoms with Crippen molar-refractivity contribution in [2.75, 3.05) is 13.2 Å². The first-order chi connectivity index (χ1) is 7.27. The van der Waals surface area contributed by atoms with E-state index in [2.05, 4.69) is 0 Å². The first-order valence-corrected chi connectivity index (χ1v) is 5.99. The molecule has 0 saturated carbocycles. The topological polar surface area (TPSA) is 35.5 Å². The maximum Gasteiger partial charge on any atom is 0.218 e. The van der Waals surface area contributed by atoms with Crippen molar-refractivity contribution in [1.82, 2.24) is 0 Å². The third kappa shape index (κ3) is 4.11. The van der Waals surface area contributed by atoms with Gasteiger partial charge in [0.1, 0.15) is 0 Å². The molecule has 0 fully saturated rings. The van der Waals surface area contributed by atoms with Crippen LogP contribution in [0, 0.1) is 0 Å². The number of ether oxygens (including phenoxy) is 2. The summed E-state index contributed by atoms with van der Waals surface area (Å²) >= 11 is 1.59. The molecule has 0 amide bonds. The van der Waals surface area contributed by atoms with Gasteiger partial charge in [0, 0.05) is 19.6 Å². The number of thiophene rings is 1. The molecule has 84 valence electrons. The van der Waals surface area contributed by atoms with Gasteiger partial charge in [0.15, 0.2) is 5.78 Å². The predicted molar refractivity (Wildman–Crippen MR) is 60.1 cm³/mol. The Morgan fingerprint density at radius 1 is 1.40 bits per heavy atom. The van der Waals surface area contributed by atoms with Crippen molar-refractivity contribution in [3.63, 3.8) is 0 Å². The highest BCUT2D eigenvalue weighted by atomic mass is 32.1. The van der Waals surface area contributed by atoms with Gasteiger partial charge in [0.25, 0.3) is 0 Å². The Kier molecular flexibility index (Phi) is 5.53. The second kappa shape index (κ2) is 6.71. The molecule has 1 heterocycles. The third-order valence-electron chi connectivity index (χ3n) is 1.86. The average molecular weight is 228 g/mol. The summed E-state index contributed by atoms with van der Waals surface area (Å²) in [7, 11) is 0. The van der Waals surface area contributed by atoms with Crippen molar-refractivity contribution < 1.29 is 14.3 Å². The van der Waals surface area contributed by atoms with E-state index in [1.54, 1.807) is 11.3 Å². The number of hydrogen-bond acceptors (Lipinski definition) is 4. The maximum absolute atomic E-state index is 11.7. The van der Waals surface area contributed by atoms with Crippen LogP contribution in [-0.2, 0) is 20.7 Å². The Bertz CT molecular complexity index is 276. The quantitative estimate of drug-likeness (QED) is 0.671. The van der Waals surface area contributed by atoms with Gasteiger partial charge in [-0.1, -0.05) is 0 Å². The molecule has 0 saturated heterocycles. The zero-order valence-electron chi connectivity index (χ0n) is 9.06. The van der Waals surface area contributed by atoms with Crippen LogP contribution in [0.25, 0.3) is 0 Å². The van der Waals surface area contributed by atoms with E-state index in [1.807, 2.05) is 30.7 Å². The Morgan fingerprint density at radius 3 is 2.53 bits per heavy atom. The van der Waals surface area contributed by atoms with E-state index in [-0.39, 0.29) is 5.78 Å². The largest absolute Gasteiger partial charge is 0.346 e. The molecule has 0 radical (unpaired) electrons. The summed E-state index contributed by atoms with van der Waals surface area (Å²) in [5.74, 6) is -0.0166. The van der Waals surface area contributed by atoms with E-state index in [0.29, 0.717) is 19.6 Å². The third-order valence-corrected chi connectivity index (χ3v) is 2.59. The van der Waals surface area contributed by atoms with Crippen LogP contribution in [0.4, 0.5) is 0 Å². The van der Waals surface area contributed by atoms with Gasteiger partial charge < -0.3 is 9.47 Å². The monoisotopic (exact) mass is 228 g/mol. The van der Waals surface area contributed by atoms with Crippen molar-refractivity contribution in [1.29, 1.82) is 0 Å². The summed E-state index contributed by atoms with van der Waals surface area (Å²) in [5, 5.41) is 3.92. The molecule has 0 atom stereocenters. The Labute approximate surface area is 94.0 Å². The van der Waals surface area contributed by atoms with E-state index < -0.39 is 6.29 Å². The highest BCUT2D eigenvalue weighted by Crippen LogP contribution is 2.09. The van der Waals surface area contributed by atoms with Gasteiger partial charge in [-0.15, -0.1) is 0 Å². The van der Waals surface area contributed by atoms with E-state index in [1.165, 1.54) is 0 Å². The fourth-order valence-electron chi connectivity index (χ4n) is 1.21. The standard InChI is InChI=1S/C11H16O3S/c1-3-13-11(14-4-2)10(12)7-9-5-6-15-8-9/h5-6,8,11H,3-4,7H2,1-2H3. The molecule has 4 heteroatoms. The highest BCUT2D eigenvalue weighted by molar-refractivity contribution is 7.07. The van der Waals surface area contributed by atoms with Crippen LogP contribution in [0.1, 0.15) is 19.4 Å². The minimum Gasteiger partial charge on any atom is -0.346 e. The minimum absolute atomic E-state index is 0.0166.